The number of fused-ring (bicyclic) bond motifs is 2. The Morgan fingerprint density at radius 2 is 2.00 bits per heavy atom. The molecule has 2 aromatic heterocycles. The van der Waals surface area contributed by atoms with Crippen LogP contribution in [0.5, 0.6) is 5.75 Å². The minimum Gasteiger partial charge on any atom is -0.496 e. The summed E-state index contributed by atoms with van der Waals surface area (Å²) < 4.78 is 13.3. The highest BCUT2D eigenvalue weighted by atomic mass is 32.1. The largest absolute Gasteiger partial charge is 0.496 e. The van der Waals surface area contributed by atoms with Gasteiger partial charge in [-0.2, -0.15) is 0 Å². The molecule has 172 valence electrons. The van der Waals surface area contributed by atoms with Gasteiger partial charge in [0.15, 0.2) is 4.80 Å². The van der Waals surface area contributed by atoms with Crippen molar-refractivity contribution < 1.29 is 14.3 Å². The van der Waals surface area contributed by atoms with E-state index in [1.54, 1.807) is 36.9 Å². The Morgan fingerprint density at radius 1 is 1.18 bits per heavy atom. The van der Waals surface area contributed by atoms with E-state index in [-0.39, 0.29) is 12.2 Å². The average Bonchev–Trinajstić information content (AvgIpc) is 3.45. The van der Waals surface area contributed by atoms with Gasteiger partial charge in [-0.05, 0) is 48.2 Å². The minimum atomic E-state index is -0.734. The molecule has 6 nitrogen and oxygen atoms in total. The van der Waals surface area contributed by atoms with Crippen LogP contribution in [0.4, 0.5) is 0 Å². The summed E-state index contributed by atoms with van der Waals surface area (Å²) in [4.78, 5) is 33.1. The number of ether oxygens (including phenoxy) is 2. The molecule has 2 aromatic carbocycles. The molecular weight excluding hydrogens is 468 g/mol. The van der Waals surface area contributed by atoms with Gasteiger partial charge in [-0.15, -0.1) is 11.3 Å². The van der Waals surface area contributed by atoms with Gasteiger partial charge in [-0.1, -0.05) is 47.7 Å². The third kappa shape index (κ3) is 3.69. The molecular formula is C26H22N2O4S2. The van der Waals surface area contributed by atoms with E-state index in [1.165, 1.54) is 11.3 Å². The van der Waals surface area contributed by atoms with E-state index in [2.05, 4.69) is 4.99 Å². The Balaban J connectivity index is 1.87. The first-order valence-corrected chi connectivity index (χ1v) is 12.5. The predicted molar refractivity (Wildman–Crippen MR) is 135 cm³/mol. The van der Waals surface area contributed by atoms with Crippen LogP contribution in [0.25, 0.3) is 16.8 Å². The Hall–Kier alpha value is -3.49. The predicted octanol–water partition coefficient (Wildman–Crippen LogP) is 4.02. The number of carbonyl (C=O) groups is 1. The molecule has 1 atom stereocenters. The zero-order chi connectivity index (χ0) is 23.8. The van der Waals surface area contributed by atoms with Crippen molar-refractivity contribution in [2.24, 2.45) is 4.99 Å². The number of methoxy groups -OCH3 is 1. The molecule has 0 aliphatic carbocycles. The number of hydrogen-bond donors (Lipinski definition) is 0. The second-order valence-electron chi connectivity index (χ2n) is 7.72. The van der Waals surface area contributed by atoms with Crippen molar-refractivity contribution in [3.63, 3.8) is 0 Å². The van der Waals surface area contributed by atoms with Crippen molar-refractivity contribution in [3.05, 3.63) is 95.3 Å². The van der Waals surface area contributed by atoms with E-state index >= 15 is 0 Å². The summed E-state index contributed by atoms with van der Waals surface area (Å²) in [5.41, 5.74) is 1.40. The monoisotopic (exact) mass is 490 g/mol. The lowest BCUT2D eigenvalue weighted by atomic mass is 9.90. The third-order valence-corrected chi connectivity index (χ3v) is 7.56. The number of thiophene rings is 1. The van der Waals surface area contributed by atoms with Crippen LogP contribution in [0, 0.1) is 0 Å². The number of esters is 1. The molecule has 0 saturated heterocycles. The smallest absolute Gasteiger partial charge is 0.338 e. The summed E-state index contributed by atoms with van der Waals surface area (Å²) in [6.07, 6.45) is 1.87. The number of carbonyl (C=O) groups excluding carboxylic acids is 1. The summed E-state index contributed by atoms with van der Waals surface area (Å²) in [6, 6.07) is 14.9. The summed E-state index contributed by atoms with van der Waals surface area (Å²) >= 11 is 2.87. The van der Waals surface area contributed by atoms with Gasteiger partial charge in [0.1, 0.15) is 11.8 Å². The van der Waals surface area contributed by atoms with Crippen LogP contribution in [0.1, 0.15) is 30.3 Å². The number of aromatic nitrogens is 1. The van der Waals surface area contributed by atoms with E-state index < -0.39 is 12.0 Å². The first-order valence-electron chi connectivity index (χ1n) is 10.8. The van der Waals surface area contributed by atoms with Crippen LogP contribution in [-0.4, -0.2) is 24.3 Å². The van der Waals surface area contributed by atoms with Crippen molar-refractivity contribution in [1.82, 2.24) is 4.57 Å². The maximum absolute atomic E-state index is 13.8. The molecule has 0 N–H and O–H groups in total. The number of thiazole rings is 1. The Kier molecular flexibility index (Phi) is 5.93. The zero-order valence-corrected chi connectivity index (χ0v) is 20.5. The standard InChI is InChI=1S/C26H22N2O4S2/c1-4-32-25(30)21-15(2)27-26-28(24(29)20(34-26)14-17-9-7-13-33-17)23(21)22-18-10-6-5-8-16(18)11-12-19(22)31-3/h5-14,23H,4H2,1-3H3/b20-14+/t23-/m0/s1. The van der Waals surface area contributed by atoms with E-state index in [4.69, 9.17) is 9.47 Å². The zero-order valence-electron chi connectivity index (χ0n) is 18.9. The maximum Gasteiger partial charge on any atom is 0.338 e. The fourth-order valence-corrected chi connectivity index (χ4v) is 6.07. The molecule has 1 aliphatic heterocycles. The molecule has 0 amide bonds. The van der Waals surface area contributed by atoms with Gasteiger partial charge in [0.05, 0.1) is 29.5 Å². The van der Waals surface area contributed by atoms with Crippen molar-refractivity contribution >= 4 is 45.5 Å². The first kappa shape index (κ1) is 22.3. The highest BCUT2D eigenvalue weighted by molar-refractivity contribution is 7.11. The van der Waals surface area contributed by atoms with Crippen LogP contribution < -0.4 is 19.6 Å². The van der Waals surface area contributed by atoms with E-state index in [0.717, 1.165) is 21.2 Å². The van der Waals surface area contributed by atoms with Crippen molar-refractivity contribution in [1.29, 1.82) is 0 Å². The Labute approximate surface area is 203 Å². The molecule has 0 spiro atoms. The molecule has 4 aromatic rings. The van der Waals surface area contributed by atoms with Crippen LogP contribution in [0.2, 0.25) is 0 Å². The molecule has 5 rings (SSSR count). The number of nitrogens with zero attached hydrogens (tertiary/aromatic N) is 2. The highest BCUT2D eigenvalue weighted by Crippen LogP contribution is 2.40. The molecule has 0 fully saturated rings. The summed E-state index contributed by atoms with van der Waals surface area (Å²) in [5.74, 6) is 0.101. The quantitative estimate of drug-likeness (QED) is 0.396. The summed E-state index contributed by atoms with van der Waals surface area (Å²) in [7, 11) is 1.59. The van der Waals surface area contributed by atoms with E-state index in [9.17, 15) is 9.59 Å². The van der Waals surface area contributed by atoms with Gasteiger partial charge in [0.25, 0.3) is 5.56 Å². The van der Waals surface area contributed by atoms with Gasteiger partial charge >= 0.3 is 5.97 Å². The second-order valence-corrected chi connectivity index (χ2v) is 9.71. The number of benzene rings is 2. The lowest BCUT2D eigenvalue weighted by molar-refractivity contribution is -0.139. The SMILES string of the molecule is CCOC(=O)C1=C(C)N=c2s/c(=C/c3cccs3)c(=O)n2[C@@H]1c1c(OC)ccc2ccccc12. The average molecular weight is 491 g/mol. The molecule has 3 heterocycles. The molecule has 34 heavy (non-hydrogen) atoms. The van der Waals surface area contributed by atoms with Crippen molar-refractivity contribution in [2.75, 3.05) is 13.7 Å². The van der Waals surface area contributed by atoms with Gasteiger partial charge in [0, 0.05) is 10.4 Å². The first-order chi connectivity index (χ1) is 16.5. The lowest BCUT2D eigenvalue weighted by Gasteiger charge is -2.27. The lowest BCUT2D eigenvalue weighted by Crippen LogP contribution is -2.40. The Bertz CT molecular complexity index is 1610. The molecule has 0 bridgehead atoms. The number of hydrogen-bond acceptors (Lipinski definition) is 7. The van der Waals surface area contributed by atoms with Gasteiger partial charge in [-0.25, -0.2) is 9.79 Å². The van der Waals surface area contributed by atoms with Gasteiger partial charge < -0.3 is 9.47 Å². The number of allylic oxidation sites excluding steroid dienone is 1. The highest BCUT2D eigenvalue weighted by Gasteiger charge is 2.36. The third-order valence-electron chi connectivity index (χ3n) is 5.76. The molecule has 0 saturated carbocycles. The summed E-state index contributed by atoms with van der Waals surface area (Å²) in [5, 5.41) is 3.85. The maximum atomic E-state index is 13.8. The second kappa shape index (κ2) is 9.04. The minimum absolute atomic E-state index is 0.202. The molecule has 0 radical (unpaired) electrons. The van der Waals surface area contributed by atoms with Gasteiger partial charge in [0.2, 0.25) is 0 Å². The van der Waals surface area contributed by atoms with Crippen molar-refractivity contribution in [3.8, 4) is 5.75 Å². The number of rotatable bonds is 5. The van der Waals surface area contributed by atoms with Gasteiger partial charge in [-0.3, -0.25) is 9.36 Å². The van der Waals surface area contributed by atoms with Crippen LogP contribution in [0.15, 0.2) is 75.0 Å². The van der Waals surface area contributed by atoms with Crippen LogP contribution in [0.3, 0.4) is 0 Å². The van der Waals surface area contributed by atoms with E-state index in [0.29, 0.717) is 26.4 Å². The van der Waals surface area contributed by atoms with E-state index in [1.807, 2.05) is 60.0 Å². The molecule has 1 aliphatic rings. The van der Waals surface area contributed by atoms with Crippen molar-refractivity contribution in [2.45, 2.75) is 19.9 Å². The Morgan fingerprint density at radius 3 is 2.74 bits per heavy atom. The fraction of sp³-hybridized carbons (Fsp3) is 0.192. The normalized spacial score (nSPS) is 15.9. The molecule has 8 heteroatoms. The topological polar surface area (TPSA) is 69.9 Å². The molecule has 0 unspecified atom stereocenters. The van der Waals surface area contributed by atoms with Crippen LogP contribution in [-0.2, 0) is 9.53 Å². The van der Waals surface area contributed by atoms with Crippen LogP contribution >= 0.6 is 22.7 Å². The fourth-order valence-electron chi connectivity index (χ4n) is 4.30. The summed E-state index contributed by atoms with van der Waals surface area (Å²) in [6.45, 7) is 3.77.